The van der Waals surface area contributed by atoms with Crippen molar-refractivity contribution in [3.8, 4) is 0 Å². The molecule has 134 valence electrons. The number of rotatable bonds is 4. The Labute approximate surface area is 155 Å². The molecule has 0 fully saturated rings. The standard InChI is InChI=1S/C20H18N6O/c1-26-16-10-6-5-9-14(16)24-19(26)18(13-7-3-2-4-8-13)25-20(27)15-11-23-17(21)12-22-15/h2-12,18H,1H3,(H2,21,23)(H,25,27). The van der Waals surface area contributed by atoms with Gasteiger partial charge >= 0.3 is 0 Å². The molecule has 4 rings (SSSR count). The van der Waals surface area contributed by atoms with Gasteiger partial charge in [-0.1, -0.05) is 42.5 Å². The number of aromatic nitrogens is 4. The van der Waals surface area contributed by atoms with E-state index in [0.717, 1.165) is 22.4 Å². The van der Waals surface area contributed by atoms with Crippen LogP contribution in [0.3, 0.4) is 0 Å². The minimum absolute atomic E-state index is 0.198. The van der Waals surface area contributed by atoms with E-state index >= 15 is 0 Å². The number of nitrogen functional groups attached to an aromatic ring is 1. The van der Waals surface area contributed by atoms with Crippen LogP contribution in [0.4, 0.5) is 5.82 Å². The summed E-state index contributed by atoms with van der Waals surface area (Å²) in [7, 11) is 1.94. The largest absolute Gasteiger partial charge is 0.382 e. The SMILES string of the molecule is Cn1c(C(NC(=O)c2cnc(N)cn2)c2ccccc2)nc2ccccc21. The predicted molar refractivity (Wildman–Crippen MR) is 103 cm³/mol. The van der Waals surface area contributed by atoms with Gasteiger partial charge in [0.1, 0.15) is 23.4 Å². The zero-order valence-corrected chi connectivity index (χ0v) is 14.7. The van der Waals surface area contributed by atoms with Crippen LogP contribution in [0.5, 0.6) is 0 Å². The molecule has 2 aromatic heterocycles. The molecule has 0 aliphatic heterocycles. The van der Waals surface area contributed by atoms with E-state index in [9.17, 15) is 4.79 Å². The van der Waals surface area contributed by atoms with Gasteiger partial charge < -0.3 is 15.6 Å². The number of para-hydroxylation sites is 2. The van der Waals surface area contributed by atoms with Crippen LogP contribution in [0.25, 0.3) is 11.0 Å². The van der Waals surface area contributed by atoms with Gasteiger partial charge in [0, 0.05) is 7.05 Å². The minimum Gasteiger partial charge on any atom is -0.382 e. The summed E-state index contributed by atoms with van der Waals surface area (Å²) in [5, 5.41) is 3.02. The number of hydrogen-bond acceptors (Lipinski definition) is 5. The lowest BCUT2D eigenvalue weighted by atomic mass is 10.1. The summed E-state index contributed by atoms with van der Waals surface area (Å²) in [6, 6.07) is 17.1. The average Bonchev–Trinajstić information content (AvgIpc) is 3.04. The number of carbonyl (C=O) groups excluding carboxylic acids is 1. The van der Waals surface area contributed by atoms with Crippen molar-refractivity contribution in [1.29, 1.82) is 0 Å². The van der Waals surface area contributed by atoms with E-state index in [1.165, 1.54) is 12.4 Å². The van der Waals surface area contributed by atoms with Crippen molar-refractivity contribution in [2.75, 3.05) is 5.73 Å². The molecule has 0 saturated carbocycles. The van der Waals surface area contributed by atoms with Gasteiger partial charge in [-0.05, 0) is 17.7 Å². The van der Waals surface area contributed by atoms with Crippen molar-refractivity contribution in [2.24, 2.45) is 7.05 Å². The van der Waals surface area contributed by atoms with Crippen LogP contribution >= 0.6 is 0 Å². The summed E-state index contributed by atoms with van der Waals surface area (Å²) in [4.78, 5) is 25.5. The Morgan fingerprint density at radius 2 is 1.78 bits per heavy atom. The number of nitrogens with zero attached hydrogens (tertiary/aromatic N) is 4. The Balaban J connectivity index is 1.76. The Morgan fingerprint density at radius 1 is 1.04 bits per heavy atom. The van der Waals surface area contributed by atoms with E-state index in [-0.39, 0.29) is 17.4 Å². The maximum absolute atomic E-state index is 12.7. The van der Waals surface area contributed by atoms with Crippen LogP contribution in [0.1, 0.15) is 27.9 Å². The fraction of sp³-hybridized carbons (Fsp3) is 0.100. The highest BCUT2D eigenvalue weighted by Gasteiger charge is 2.23. The van der Waals surface area contributed by atoms with Gasteiger partial charge in [0.05, 0.1) is 23.4 Å². The monoisotopic (exact) mass is 358 g/mol. The Kier molecular flexibility index (Phi) is 4.25. The first-order chi connectivity index (χ1) is 13.1. The number of nitrogens with two attached hydrogens (primary N) is 1. The third kappa shape index (κ3) is 3.22. The molecule has 1 amide bonds. The number of nitrogens with one attached hydrogen (secondary N) is 1. The second kappa shape index (κ2) is 6.87. The van der Waals surface area contributed by atoms with Crippen LogP contribution in [-0.4, -0.2) is 25.4 Å². The maximum atomic E-state index is 12.7. The molecule has 2 aromatic carbocycles. The van der Waals surface area contributed by atoms with Crippen LogP contribution in [-0.2, 0) is 7.05 Å². The van der Waals surface area contributed by atoms with E-state index in [1.54, 1.807) is 0 Å². The summed E-state index contributed by atoms with van der Waals surface area (Å²) in [5.74, 6) is 0.657. The average molecular weight is 358 g/mol. The van der Waals surface area contributed by atoms with Crippen molar-refractivity contribution in [3.05, 3.63) is 84.1 Å². The van der Waals surface area contributed by atoms with Gasteiger partial charge in [-0.2, -0.15) is 0 Å². The summed E-state index contributed by atoms with van der Waals surface area (Å²) >= 11 is 0. The first-order valence-electron chi connectivity index (χ1n) is 8.48. The molecular formula is C20H18N6O. The number of imidazole rings is 1. The Morgan fingerprint density at radius 3 is 2.48 bits per heavy atom. The van der Waals surface area contributed by atoms with Gasteiger partial charge in [-0.25, -0.2) is 15.0 Å². The molecule has 1 unspecified atom stereocenters. The predicted octanol–water partition coefficient (Wildman–Crippen LogP) is 2.46. The second-order valence-electron chi connectivity index (χ2n) is 6.16. The molecule has 7 nitrogen and oxygen atoms in total. The van der Waals surface area contributed by atoms with Crippen molar-refractivity contribution >= 4 is 22.8 Å². The minimum atomic E-state index is -0.435. The first-order valence-corrected chi connectivity index (χ1v) is 8.48. The summed E-state index contributed by atoms with van der Waals surface area (Å²) < 4.78 is 1.99. The van der Waals surface area contributed by atoms with E-state index < -0.39 is 6.04 Å². The van der Waals surface area contributed by atoms with Crippen molar-refractivity contribution in [1.82, 2.24) is 24.8 Å². The molecule has 0 aliphatic carbocycles. The first kappa shape index (κ1) is 16.7. The van der Waals surface area contributed by atoms with Crippen molar-refractivity contribution in [2.45, 2.75) is 6.04 Å². The Hall–Kier alpha value is -3.74. The molecule has 27 heavy (non-hydrogen) atoms. The third-order valence-electron chi connectivity index (χ3n) is 4.39. The lowest BCUT2D eigenvalue weighted by Crippen LogP contribution is -2.31. The number of fused-ring (bicyclic) bond motifs is 1. The Bertz CT molecular complexity index is 1090. The molecule has 2 heterocycles. The number of anilines is 1. The summed E-state index contributed by atoms with van der Waals surface area (Å²) in [6.07, 6.45) is 2.73. The highest BCUT2D eigenvalue weighted by atomic mass is 16.2. The lowest BCUT2D eigenvalue weighted by Gasteiger charge is -2.19. The fourth-order valence-corrected chi connectivity index (χ4v) is 3.03. The van der Waals surface area contributed by atoms with Crippen LogP contribution in [0.15, 0.2) is 67.0 Å². The van der Waals surface area contributed by atoms with Crippen LogP contribution in [0.2, 0.25) is 0 Å². The van der Waals surface area contributed by atoms with E-state index in [2.05, 4.69) is 15.3 Å². The number of benzene rings is 2. The van der Waals surface area contributed by atoms with Gasteiger partial charge in [0.25, 0.3) is 5.91 Å². The molecule has 0 radical (unpaired) electrons. The lowest BCUT2D eigenvalue weighted by molar-refractivity contribution is 0.0936. The zero-order valence-electron chi connectivity index (χ0n) is 14.7. The molecule has 0 saturated heterocycles. The number of amides is 1. The van der Waals surface area contributed by atoms with Gasteiger partial charge in [0.15, 0.2) is 0 Å². The van der Waals surface area contributed by atoms with Crippen LogP contribution in [0, 0.1) is 0 Å². The van der Waals surface area contributed by atoms with E-state index in [1.807, 2.05) is 66.2 Å². The zero-order chi connectivity index (χ0) is 18.8. The smallest absolute Gasteiger partial charge is 0.272 e. The number of carbonyl (C=O) groups is 1. The topological polar surface area (TPSA) is 98.7 Å². The third-order valence-corrected chi connectivity index (χ3v) is 4.39. The summed E-state index contributed by atoms with van der Waals surface area (Å²) in [6.45, 7) is 0. The normalized spacial score (nSPS) is 12.0. The fourth-order valence-electron chi connectivity index (χ4n) is 3.03. The quantitative estimate of drug-likeness (QED) is 0.584. The molecule has 0 aliphatic rings. The van der Waals surface area contributed by atoms with Crippen LogP contribution < -0.4 is 11.1 Å². The molecule has 7 heteroatoms. The maximum Gasteiger partial charge on any atom is 0.272 e. The molecular weight excluding hydrogens is 340 g/mol. The molecule has 1 atom stereocenters. The molecule has 0 bridgehead atoms. The molecule has 0 spiro atoms. The van der Waals surface area contributed by atoms with Gasteiger partial charge in [-0.15, -0.1) is 0 Å². The number of aryl methyl sites for hydroxylation is 1. The molecule has 3 N–H and O–H groups in total. The van der Waals surface area contributed by atoms with E-state index in [0.29, 0.717) is 0 Å². The van der Waals surface area contributed by atoms with Crippen molar-refractivity contribution in [3.63, 3.8) is 0 Å². The highest BCUT2D eigenvalue weighted by Crippen LogP contribution is 2.25. The summed E-state index contributed by atoms with van der Waals surface area (Å²) in [5.41, 5.74) is 8.54. The molecule has 4 aromatic rings. The van der Waals surface area contributed by atoms with E-state index in [4.69, 9.17) is 10.7 Å². The van der Waals surface area contributed by atoms with Gasteiger partial charge in [0.2, 0.25) is 0 Å². The highest BCUT2D eigenvalue weighted by molar-refractivity contribution is 5.92. The number of hydrogen-bond donors (Lipinski definition) is 2. The van der Waals surface area contributed by atoms with Gasteiger partial charge in [-0.3, -0.25) is 4.79 Å². The van der Waals surface area contributed by atoms with Crippen molar-refractivity contribution < 1.29 is 4.79 Å². The second-order valence-corrected chi connectivity index (χ2v) is 6.16.